The number of nitrogens with zero attached hydrogens (tertiary/aromatic N) is 1. The minimum Gasteiger partial charge on any atom is -0.484 e. The monoisotopic (exact) mass is 404 g/mol. The zero-order valence-electron chi connectivity index (χ0n) is 14.9. The SMILES string of the molecule is CC(C)(O)CNS(=O)(=O)C1CCN(C(=O)COc2ccc(Cl)cc2)CC1. The first kappa shape index (κ1) is 21.0. The maximum Gasteiger partial charge on any atom is 0.260 e. The van der Waals surface area contributed by atoms with E-state index in [0.717, 1.165) is 0 Å². The molecule has 9 heteroatoms. The standard InChI is InChI=1S/C17H25ClN2O5S/c1-17(2,22)12-19-26(23,24)15-7-9-20(10-8-15)16(21)11-25-14-5-3-13(18)4-6-14/h3-6,15,19,22H,7-12H2,1-2H3. The van der Waals surface area contributed by atoms with Gasteiger partial charge in [0.25, 0.3) is 5.91 Å². The van der Waals surface area contributed by atoms with Crippen LogP contribution in [0.4, 0.5) is 0 Å². The summed E-state index contributed by atoms with van der Waals surface area (Å²) in [5.41, 5.74) is -1.11. The largest absolute Gasteiger partial charge is 0.484 e. The van der Waals surface area contributed by atoms with Crippen molar-refractivity contribution in [2.45, 2.75) is 37.5 Å². The first-order chi connectivity index (χ1) is 12.1. The average molecular weight is 405 g/mol. The highest BCUT2D eigenvalue weighted by Gasteiger charge is 2.32. The van der Waals surface area contributed by atoms with Crippen molar-refractivity contribution in [3.05, 3.63) is 29.3 Å². The molecule has 1 saturated heterocycles. The minimum absolute atomic E-state index is 0.0383. The molecule has 0 unspecified atom stereocenters. The maximum atomic E-state index is 12.3. The summed E-state index contributed by atoms with van der Waals surface area (Å²) in [6.07, 6.45) is 0.710. The van der Waals surface area contributed by atoms with E-state index in [1.807, 2.05) is 0 Å². The predicted molar refractivity (Wildman–Crippen MR) is 99.8 cm³/mol. The molecule has 2 N–H and O–H groups in total. The number of aliphatic hydroxyl groups is 1. The predicted octanol–water partition coefficient (Wildman–Crippen LogP) is 1.40. The number of ether oxygens (including phenoxy) is 1. The Hall–Kier alpha value is -1.35. The number of rotatable bonds is 7. The second-order valence-corrected chi connectivity index (χ2v) is 9.48. The fourth-order valence-corrected chi connectivity index (χ4v) is 4.33. The normalized spacial score (nSPS) is 16.5. The van der Waals surface area contributed by atoms with E-state index in [9.17, 15) is 18.3 Å². The van der Waals surface area contributed by atoms with Gasteiger partial charge in [-0.25, -0.2) is 13.1 Å². The summed E-state index contributed by atoms with van der Waals surface area (Å²) in [7, 11) is -3.52. The molecule has 1 amide bonds. The van der Waals surface area contributed by atoms with Crippen LogP contribution in [0.2, 0.25) is 5.02 Å². The number of hydrogen-bond acceptors (Lipinski definition) is 5. The number of sulfonamides is 1. The minimum atomic E-state index is -3.52. The summed E-state index contributed by atoms with van der Waals surface area (Å²) in [6.45, 7) is 3.65. The van der Waals surface area contributed by atoms with E-state index in [1.54, 1.807) is 29.2 Å². The molecule has 1 aliphatic rings. The highest BCUT2D eigenvalue weighted by Crippen LogP contribution is 2.19. The van der Waals surface area contributed by atoms with Gasteiger partial charge in [-0.05, 0) is 51.0 Å². The lowest BCUT2D eigenvalue weighted by atomic mass is 10.1. The van der Waals surface area contributed by atoms with Crippen LogP contribution in [-0.4, -0.2) is 61.4 Å². The molecule has 1 fully saturated rings. The van der Waals surface area contributed by atoms with Crippen LogP contribution >= 0.6 is 11.6 Å². The number of amides is 1. The molecule has 2 rings (SSSR count). The Morgan fingerprint density at radius 3 is 2.42 bits per heavy atom. The summed E-state index contributed by atoms with van der Waals surface area (Å²) in [6, 6.07) is 6.72. The van der Waals surface area contributed by atoms with Crippen molar-refractivity contribution >= 4 is 27.5 Å². The van der Waals surface area contributed by atoms with Crippen molar-refractivity contribution < 1.29 is 23.1 Å². The summed E-state index contributed by atoms with van der Waals surface area (Å²) < 4.78 is 32.5. The highest BCUT2D eigenvalue weighted by molar-refractivity contribution is 7.90. The molecule has 0 aromatic heterocycles. The van der Waals surface area contributed by atoms with Gasteiger partial charge in [-0.1, -0.05) is 11.6 Å². The van der Waals surface area contributed by atoms with Crippen molar-refractivity contribution in [3.8, 4) is 5.75 Å². The molecule has 146 valence electrons. The van der Waals surface area contributed by atoms with E-state index in [0.29, 0.717) is 36.7 Å². The number of nitrogens with one attached hydrogen (secondary N) is 1. The summed E-state index contributed by atoms with van der Waals surface area (Å²) >= 11 is 5.80. The Kier molecular flexibility index (Phi) is 6.90. The molecule has 0 saturated carbocycles. The van der Waals surface area contributed by atoms with Gasteiger partial charge in [0.2, 0.25) is 10.0 Å². The van der Waals surface area contributed by atoms with Crippen LogP contribution in [0.15, 0.2) is 24.3 Å². The zero-order valence-corrected chi connectivity index (χ0v) is 16.5. The van der Waals surface area contributed by atoms with Gasteiger partial charge >= 0.3 is 0 Å². The average Bonchev–Trinajstić information content (AvgIpc) is 2.59. The number of piperidine rings is 1. The molecule has 0 bridgehead atoms. The van der Waals surface area contributed by atoms with E-state index in [1.165, 1.54) is 13.8 Å². The third-order valence-corrected chi connectivity index (χ3v) is 6.26. The van der Waals surface area contributed by atoms with Gasteiger partial charge < -0.3 is 14.7 Å². The molecule has 0 aliphatic carbocycles. The van der Waals surface area contributed by atoms with Crippen LogP contribution in [0.3, 0.4) is 0 Å². The summed E-state index contributed by atoms with van der Waals surface area (Å²) in [5, 5.41) is 9.69. The van der Waals surface area contributed by atoms with Gasteiger partial charge in [-0.2, -0.15) is 0 Å². The van der Waals surface area contributed by atoms with Crippen LogP contribution < -0.4 is 9.46 Å². The van der Waals surface area contributed by atoms with E-state index < -0.39 is 20.9 Å². The van der Waals surface area contributed by atoms with Crippen molar-refractivity contribution in [3.63, 3.8) is 0 Å². The number of carbonyl (C=O) groups excluding carboxylic acids is 1. The fraction of sp³-hybridized carbons (Fsp3) is 0.588. The molecule has 1 aromatic carbocycles. The lowest BCUT2D eigenvalue weighted by molar-refractivity contribution is -0.134. The highest BCUT2D eigenvalue weighted by atomic mass is 35.5. The molecule has 1 aliphatic heterocycles. The topological polar surface area (TPSA) is 95.9 Å². The van der Waals surface area contributed by atoms with Gasteiger partial charge in [0, 0.05) is 24.7 Å². The second kappa shape index (κ2) is 8.56. The van der Waals surface area contributed by atoms with Gasteiger partial charge in [0.15, 0.2) is 6.61 Å². The Morgan fingerprint density at radius 2 is 1.88 bits per heavy atom. The second-order valence-electron chi connectivity index (χ2n) is 7.00. The van der Waals surface area contributed by atoms with Gasteiger partial charge in [0.05, 0.1) is 10.9 Å². The lowest BCUT2D eigenvalue weighted by Gasteiger charge is -2.32. The summed E-state index contributed by atoms with van der Waals surface area (Å²) in [4.78, 5) is 13.8. The Morgan fingerprint density at radius 1 is 1.31 bits per heavy atom. The van der Waals surface area contributed by atoms with Gasteiger partial charge in [-0.3, -0.25) is 4.79 Å². The fourth-order valence-electron chi connectivity index (χ4n) is 2.58. The van der Waals surface area contributed by atoms with Crippen LogP contribution in [0, 0.1) is 0 Å². The number of likely N-dealkylation sites (tertiary alicyclic amines) is 1. The van der Waals surface area contributed by atoms with E-state index in [4.69, 9.17) is 16.3 Å². The van der Waals surface area contributed by atoms with Crippen LogP contribution in [0.25, 0.3) is 0 Å². The zero-order chi connectivity index (χ0) is 19.4. The van der Waals surface area contributed by atoms with Crippen molar-refractivity contribution in [2.24, 2.45) is 0 Å². The smallest absolute Gasteiger partial charge is 0.260 e. The molecular formula is C17H25ClN2O5S. The Labute approximate surface area is 159 Å². The van der Waals surface area contributed by atoms with Crippen molar-refractivity contribution in [2.75, 3.05) is 26.2 Å². The molecule has 1 heterocycles. The van der Waals surface area contributed by atoms with Crippen molar-refractivity contribution in [1.82, 2.24) is 9.62 Å². The molecule has 26 heavy (non-hydrogen) atoms. The van der Waals surface area contributed by atoms with Gasteiger partial charge in [-0.15, -0.1) is 0 Å². The Bertz CT molecular complexity index is 708. The molecule has 0 radical (unpaired) electrons. The molecular weight excluding hydrogens is 380 g/mol. The third kappa shape index (κ3) is 6.42. The van der Waals surface area contributed by atoms with E-state index in [2.05, 4.69) is 4.72 Å². The molecule has 0 atom stereocenters. The Balaban J connectivity index is 1.79. The van der Waals surface area contributed by atoms with Crippen molar-refractivity contribution in [1.29, 1.82) is 0 Å². The van der Waals surface area contributed by atoms with Gasteiger partial charge in [0.1, 0.15) is 5.75 Å². The maximum absolute atomic E-state index is 12.3. The first-order valence-corrected chi connectivity index (χ1v) is 10.4. The lowest BCUT2D eigenvalue weighted by Crippen LogP contribution is -2.48. The number of hydrogen-bond donors (Lipinski definition) is 2. The number of carbonyl (C=O) groups is 1. The van der Waals surface area contributed by atoms with Crippen LogP contribution in [0.1, 0.15) is 26.7 Å². The number of benzene rings is 1. The van der Waals surface area contributed by atoms with E-state index in [-0.39, 0.29) is 19.1 Å². The first-order valence-electron chi connectivity index (χ1n) is 8.44. The van der Waals surface area contributed by atoms with Crippen LogP contribution in [0.5, 0.6) is 5.75 Å². The van der Waals surface area contributed by atoms with Crippen LogP contribution in [-0.2, 0) is 14.8 Å². The number of halogens is 1. The molecule has 0 spiro atoms. The molecule has 7 nitrogen and oxygen atoms in total. The third-order valence-electron chi connectivity index (χ3n) is 4.12. The van der Waals surface area contributed by atoms with E-state index >= 15 is 0 Å². The summed E-state index contributed by atoms with van der Waals surface area (Å²) in [5.74, 6) is 0.372. The molecule has 1 aromatic rings. The quantitative estimate of drug-likeness (QED) is 0.716.